The van der Waals surface area contributed by atoms with Gasteiger partial charge in [-0.05, 0) is 68.6 Å². The molecule has 1 N–H and O–H groups in total. The normalized spacial score (nSPS) is 18.0. The molecule has 5 rings (SSSR count). The van der Waals surface area contributed by atoms with Crippen LogP contribution in [0.2, 0.25) is 0 Å². The number of likely N-dealkylation sites (tertiary alicyclic amines) is 1. The number of aryl methyl sites for hydroxylation is 1. The van der Waals surface area contributed by atoms with Crippen LogP contribution in [0.25, 0.3) is 0 Å². The van der Waals surface area contributed by atoms with Gasteiger partial charge in [-0.3, -0.25) is 19.6 Å². The Labute approximate surface area is 248 Å². The lowest BCUT2D eigenvalue weighted by Gasteiger charge is -2.35. The number of carbonyl (C=O) groups excluding carboxylic acids is 2. The van der Waals surface area contributed by atoms with Gasteiger partial charge in [-0.2, -0.15) is 0 Å². The maximum absolute atomic E-state index is 12.8. The number of amides is 2. The Kier molecular flexibility index (Phi) is 10.2. The molecule has 1 atom stereocenters. The number of piperidine rings is 1. The SMILES string of the molecule is CCC1CCCCN1Cc1ccc(C(=O)Nc2ccc(OC(=O)N3CCN(CCc4cccc(C)n4)CC3)nc2)cc1. The van der Waals surface area contributed by atoms with Crippen LogP contribution in [0, 0.1) is 6.92 Å². The molecular weight excluding hydrogens is 528 g/mol. The standard InChI is InChI=1S/C33H42N6O3/c1-3-30-9-4-5-17-39(30)24-26-10-12-27(13-11-26)32(40)36-29-14-15-31(34-23-29)42-33(41)38-21-19-37(20-22-38)18-16-28-8-6-7-25(2)35-28/h6-8,10-15,23,30H,3-5,9,16-22,24H2,1-2H3,(H,36,40). The molecule has 0 bridgehead atoms. The molecule has 9 heteroatoms. The largest absolute Gasteiger partial charge is 0.416 e. The molecule has 2 aromatic heterocycles. The van der Waals surface area contributed by atoms with Crippen molar-refractivity contribution in [3.8, 4) is 5.88 Å². The molecule has 0 saturated carbocycles. The van der Waals surface area contributed by atoms with E-state index < -0.39 is 6.09 Å². The number of nitrogens with zero attached hydrogens (tertiary/aromatic N) is 5. The monoisotopic (exact) mass is 570 g/mol. The van der Waals surface area contributed by atoms with Crippen LogP contribution in [0.3, 0.4) is 0 Å². The minimum Gasteiger partial charge on any atom is -0.391 e. The molecule has 0 aliphatic carbocycles. The highest BCUT2D eigenvalue weighted by Gasteiger charge is 2.23. The fourth-order valence-electron chi connectivity index (χ4n) is 5.76. The Bertz CT molecular complexity index is 1320. The smallest absolute Gasteiger partial charge is 0.391 e. The van der Waals surface area contributed by atoms with E-state index in [0.29, 0.717) is 30.4 Å². The van der Waals surface area contributed by atoms with E-state index in [1.807, 2.05) is 43.3 Å². The third kappa shape index (κ3) is 8.14. The van der Waals surface area contributed by atoms with E-state index in [9.17, 15) is 9.59 Å². The summed E-state index contributed by atoms with van der Waals surface area (Å²) in [5, 5.41) is 2.88. The van der Waals surface area contributed by atoms with Gasteiger partial charge in [-0.25, -0.2) is 9.78 Å². The average molecular weight is 571 g/mol. The summed E-state index contributed by atoms with van der Waals surface area (Å²) < 4.78 is 5.50. The van der Waals surface area contributed by atoms with Crippen LogP contribution >= 0.6 is 0 Å². The maximum Gasteiger partial charge on any atom is 0.416 e. The fraction of sp³-hybridized carbons (Fsp3) is 0.455. The van der Waals surface area contributed by atoms with E-state index in [1.54, 1.807) is 17.0 Å². The van der Waals surface area contributed by atoms with E-state index in [2.05, 4.69) is 38.1 Å². The summed E-state index contributed by atoms with van der Waals surface area (Å²) in [6.45, 7) is 10.0. The minimum absolute atomic E-state index is 0.200. The second-order valence-corrected chi connectivity index (χ2v) is 11.3. The number of anilines is 1. The summed E-state index contributed by atoms with van der Waals surface area (Å²) in [5.41, 5.74) is 4.48. The van der Waals surface area contributed by atoms with Gasteiger partial charge in [0.2, 0.25) is 5.88 Å². The molecule has 4 heterocycles. The molecule has 2 saturated heterocycles. The summed E-state index contributed by atoms with van der Waals surface area (Å²) in [7, 11) is 0. The first kappa shape index (κ1) is 29.7. The molecule has 0 radical (unpaired) electrons. The molecule has 0 spiro atoms. The molecule has 222 valence electrons. The van der Waals surface area contributed by atoms with Crippen molar-refractivity contribution in [2.75, 3.05) is 44.6 Å². The van der Waals surface area contributed by atoms with E-state index in [4.69, 9.17) is 4.74 Å². The number of benzene rings is 1. The molecule has 3 aromatic rings. The minimum atomic E-state index is -0.408. The third-order valence-corrected chi connectivity index (χ3v) is 8.27. The van der Waals surface area contributed by atoms with Crippen LogP contribution in [0.4, 0.5) is 10.5 Å². The van der Waals surface area contributed by atoms with Crippen molar-refractivity contribution in [2.45, 2.75) is 58.5 Å². The van der Waals surface area contributed by atoms with Crippen LogP contribution in [-0.2, 0) is 13.0 Å². The zero-order chi connectivity index (χ0) is 29.3. The highest BCUT2D eigenvalue weighted by atomic mass is 16.6. The molecular formula is C33H42N6O3. The third-order valence-electron chi connectivity index (χ3n) is 8.27. The van der Waals surface area contributed by atoms with Crippen molar-refractivity contribution in [3.63, 3.8) is 0 Å². The van der Waals surface area contributed by atoms with Crippen LogP contribution in [0.15, 0.2) is 60.8 Å². The van der Waals surface area contributed by atoms with Gasteiger partial charge in [-0.1, -0.05) is 31.5 Å². The number of rotatable bonds is 9. The Hall–Kier alpha value is -3.82. The van der Waals surface area contributed by atoms with Gasteiger partial charge in [0.1, 0.15) is 0 Å². The molecule has 2 aliphatic heterocycles. The zero-order valence-electron chi connectivity index (χ0n) is 24.8. The van der Waals surface area contributed by atoms with E-state index in [0.717, 1.165) is 50.5 Å². The van der Waals surface area contributed by atoms with Crippen molar-refractivity contribution in [2.24, 2.45) is 0 Å². The maximum atomic E-state index is 12.8. The quantitative estimate of drug-likeness (QED) is 0.380. The lowest BCUT2D eigenvalue weighted by Crippen LogP contribution is -2.50. The topological polar surface area (TPSA) is 90.9 Å². The Morgan fingerprint density at radius 2 is 1.79 bits per heavy atom. The van der Waals surface area contributed by atoms with Gasteiger partial charge in [0.15, 0.2) is 0 Å². The van der Waals surface area contributed by atoms with Crippen molar-refractivity contribution in [1.29, 1.82) is 0 Å². The van der Waals surface area contributed by atoms with Gasteiger partial charge >= 0.3 is 6.09 Å². The van der Waals surface area contributed by atoms with E-state index >= 15 is 0 Å². The van der Waals surface area contributed by atoms with E-state index in [-0.39, 0.29) is 11.8 Å². The Morgan fingerprint density at radius 1 is 0.976 bits per heavy atom. The summed E-state index contributed by atoms with van der Waals surface area (Å²) in [6, 6.07) is 17.9. The average Bonchev–Trinajstić information content (AvgIpc) is 3.02. The van der Waals surface area contributed by atoms with Gasteiger partial charge in [-0.15, -0.1) is 0 Å². The first-order valence-electron chi connectivity index (χ1n) is 15.2. The Balaban J connectivity index is 1.05. The zero-order valence-corrected chi connectivity index (χ0v) is 24.8. The summed E-state index contributed by atoms with van der Waals surface area (Å²) >= 11 is 0. The molecule has 42 heavy (non-hydrogen) atoms. The number of aromatic nitrogens is 2. The van der Waals surface area contributed by atoms with Gasteiger partial charge < -0.3 is 15.0 Å². The highest BCUT2D eigenvalue weighted by molar-refractivity contribution is 6.04. The molecule has 2 amide bonds. The second kappa shape index (κ2) is 14.4. The van der Waals surface area contributed by atoms with Gasteiger partial charge in [0.25, 0.3) is 5.91 Å². The van der Waals surface area contributed by atoms with Crippen LogP contribution in [0.5, 0.6) is 5.88 Å². The summed E-state index contributed by atoms with van der Waals surface area (Å²) in [6.07, 6.45) is 7.01. The first-order valence-corrected chi connectivity index (χ1v) is 15.2. The second-order valence-electron chi connectivity index (χ2n) is 11.3. The molecule has 1 unspecified atom stereocenters. The van der Waals surface area contributed by atoms with Crippen LogP contribution in [0.1, 0.15) is 59.9 Å². The molecule has 1 aromatic carbocycles. The van der Waals surface area contributed by atoms with Crippen molar-refractivity contribution < 1.29 is 14.3 Å². The number of hydrogen-bond donors (Lipinski definition) is 1. The number of pyridine rings is 2. The summed E-state index contributed by atoms with van der Waals surface area (Å²) in [5.74, 6) is 0.00644. The number of nitrogens with one attached hydrogen (secondary N) is 1. The van der Waals surface area contributed by atoms with Crippen LogP contribution in [-0.4, -0.2) is 82.0 Å². The number of piperazine rings is 1. The number of ether oxygens (including phenoxy) is 1. The van der Waals surface area contributed by atoms with Gasteiger partial charge in [0, 0.05) is 74.7 Å². The highest BCUT2D eigenvalue weighted by Crippen LogP contribution is 2.22. The predicted octanol–water partition coefficient (Wildman–Crippen LogP) is 5.16. The molecule has 2 fully saturated rings. The van der Waals surface area contributed by atoms with E-state index in [1.165, 1.54) is 37.4 Å². The van der Waals surface area contributed by atoms with Crippen molar-refractivity contribution >= 4 is 17.7 Å². The van der Waals surface area contributed by atoms with Crippen LogP contribution < -0.4 is 10.1 Å². The van der Waals surface area contributed by atoms with Crippen molar-refractivity contribution in [3.05, 3.63) is 83.3 Å². The summed E-state index contributed by atoms with van der Waals surface area (Å²) in [4.78, 5) is 40.9. The van der Waals surface area contributed by atoms with Crippen molar-refractivity contribution in [1.82, 2.24) is 24.7 Å². The molecule has 2 aliphatic rings. The lowest BCUT2D eigenvalue weighted by molar-refractivity contribution is 0.102. The number of carbonyl (C=O) groups is 2. The van der Waals surface area contributed by atoms with Gasteiger partial charge in [0.05, 0.1) is 11.9 Å². The fourth-order valence-corrected chi connectivity index (χ4v) is 5.76. The predicted molar refractivity (Wildman–Crippen MR) is 164 cm³/mol. The molecule has 9 nitrogen and oxygen atoms in total. The lowest BCUT2D eigenvalue weighted by atomic mass is 9.99. The Morgan fingerprint density at radius 3 is 2.50 bits per heavy atom. The first-order chi connectivity index (χ1) is 20.5. The number of hydrogen-bond acceptors (Lipinski definition) is 7.